The van der Waals surface area contributed by atoms with Gasteiger partial charge in [0.2, 0.25) is 5.91 Å². The Kier molecular flexibility index (Phi) is 3.79. The Morgan fingerprint density at radius 3 is 2.44 bits per heavy atom. The minimum absolute atomic E-state index is 0.402. The summed E-state index contributed by atoms with van der Waals surface area (Å²) in [6, 6.07) is 11.1. The van der Waals surface area contributed by atoms with Crippen LogP contribution in [0.4, 0.5) is 0 Å². The predicted octanol–water partition coefficient (Wildman–Crippen LogP) is 1.98. The third-order valence-electron chi connectivity index (χ3n) is 2.66. The topological polar surface area (TPSA) is 68.3 Å². The fraction of sp³-hybridized carbons (Fsp3) is 0.214. The molecule has 0 aliphatic heterocycles. The van der Waals surface area contributed by atoms with E-state index in [0.29, 0.717) is 12.1 Å². The second kappa shape index (κ2) is 5.51. The molecule has 0 saturated heterocycles. The van der Waals surface area contributed by atoms with Crippen LogP contribution in [0.15, 0.2) is 40.8 Å². The largest absolute Gasteiger partial charge is 0.465 e. The molecule has 0 aliphatic carbocycles. The number of carbonyl (C=O) groups excluding carboxylic acids is 1. The van der Waals surface area contributed by atoms with Crippen LogP contribution in [0.3, 0.4) is 0 Å². The van der Waals surface area contributed by atoms with Crippen LogP contribution >= 0.6 is 0 Å². The molecule has 0 radical (unpaired) electrons. The molecule has 0 unspecified atom stereocenters. The highest BCUT2D eigenvalue weighted by Crippen LogP contribution is 2.07. The van der Waals surface area contributed by atoms with E-state index in [0.717, 1.165) is 23.6 Å². The Bertz CT molecular complexity index is 529. The van der Waals surface area contributed by atoms with E-state index in [1.165, 1.54) is 0 Å². The average molecular weight is 244 g/mol. The van der Waals surface area contributed by atoms with E-state index in [1.54, 1.807) is 12.1 Å². The van der Waals surface area contributed by atoms with Gasteiger partial charge in [0.25, 0.3) is 0 Å². The van der Waals surface area contributed by atoms with Gasteiger partial charge in [0.1, 0.15) is 11.5 Å². The molecule has 0 bridgehead atoms. The first-order chi connectivity index (χ1) is 8.65. The van der Waals surface area contributed by atoms with Crippen molar-refractivity contribution in [2.24, 2.45) is 5.73 Å². The molecule has 1 aromatic heterocycles. The Morgan fingerprint density at radius 1 is 1.17 bits per heavy atom. The lowest BCUT2D eigenvalue weighted by atomic mass is 10.1. The van der Waals surface area contributed by atoms with Crippen molar-refractivity contribution in [2.75, 3.05) is 0 Å². The average Bonchev–Trinajstić information content (AvgIpc) is 2.76. The second-order valence-corrected chi connectivity index (χ2v) is 4.18. The number of nitrogens with one attached hydrogen (secondary N) is 1. The van der Waals surface area contributed by atoms with E-state index >= 15 is 0 Å². The van der Waals surface area contributed by atoms with Crippen molar-refractivity contribution in [3.05, 3.63) is 59.0 Å². The summed E-state index contributed by atoms with van der Waals surface area (Å²) in [5, 5.41) is 3.27. The lowest BCUT2D eigenvalue weighted by molar-refractivity contribution is 0.100. The van der Waals surface area contributed by atoms with Gasteiger partial charge in [-0.2, -0.15) is 0 Å². The van der Waals surface area contributed by atoms with Crippen molar-refractivity contribution in [1.29, 1.82) is 0 Å². The number of aryl methyl sites for hydroxylation is 1. The zero-order valence-electron chi connectivity index (χ0n) is 10.3. The van der Waals surface area contributed by atoms with E-state index < -0.39 is 5.91 Å². The van der Waals surface area contributed by atoms with Gasteiger partial charge in [0.15, 0.2) is 0 Å². The van der Waals surface area contributed by atoms with Crippen LogP contribution in [-0.4, -0.2) is 5.91 Å². The summed E-state index contributed by atoms with van der Waals surface area (Å²) >= 11 is 0. The summed E-state index contributed by atoms with van der Waals surface area (Å²) < 4.78 is 5.45. The quantitative estimate of drug-likeness (QED) is 0.845. The number of rotatable bonds is 5. The molecule has 4 nitrogen and oxygen atoms in total. The first-order valence-electron chi connectivity index (χ1n) is 5.80. The summed E-state index contributed by atoms with van der Waals surface area (Å²) in [6.07, 6.45) is 0. The number of hydrogen-bond acceptors (Lipinski definition) is 3. The van der Waals surface area contributed by atoms with E-state index in [2.05, 4.69) is 5.32 Å². The lowest BCUT2D eigenvalue weighted by Crippen LogP contribution is -2.13. The number of furan rings is 1. The van der Waals surface area contributed by atoms with Crippen molar-refractivity contribution in [1.82, 2.24) is 5.32 Å². The highest BCUT2D eigenvalue weighted by atomic mass is 16.3. The zero-order valence-corrected chi connectivity index (χ0v) is 10.3. The van der Waals surface area contributed by atoms with Crippen molar-refractivity contribution >= 4 is 5.91 Å². The second-order valence-electron chi connectivity index (χ2n) is 4.18. The SMILES string of the molecule is Cc1ccc(CNCc2ccc(C(N)=O)cc2)o1. The molecule has 4 heteroatoms. The van der Waals surface area contributed by atoms with Crippen LogP contribution < -0.4 is 11.1 Å². The Hall–Kier alpha value is -2.07. The molecule has 0 saturated carbocycles. The molecule has 1 heterocycles. The third kappa shape index (κ3) is 3.21. The fourth-order valence-corrected chi connectivity index (χ4v) is 1.70. The van der Waals surface area contributed by atoms with Gasteiger partial charge in [-0.15, -0.1) is 0 Å². The minimum Gasteiger partial charge on any atom is -0.465 e. The smallest absolute Gasteiger partial charge is 0.248 e. The van der Waals surface area contributed by atoms with Gasteiger partial charge in [-0.1, -0.05) is 12.1 Å². The number of hydrogen-bond donors (Lipinski definition) is 2. The first kappa shape index (κ1) is 12.4. The van der Waals surface area contributed by atoms with Crippen molar-refractivity contribution in [3.63, 3.8) is 0 Å². The molecular formula is C14H16N2O2. The standard InChI is InChI=1S/C14H16N2O2/c1-10-2-7-13(18-10)9-16-8-11-3-5-12(6-4-11)14(15)17/h2-7,16H,8-9H2,1H3,(H2,15,17). The van der Waals surface area contributed by atoms with Crippen LogP contribution in [0.25, 0.3) is 0 Å². The Morgan fingerprint density at radius 2 is 1.89 bits per heavy atom. The van der Waals surface area contributed by atoms with Gasteiger partial charge in [-0.25, -0.2) is 0 Å². The molecule has 0 atom stereocenters. The third-order valence-corrected chi connectivity index (χ3v) is 2.66. The Balaban J connectivity index is 1.85. The van der Waals surface area contributed by atoms with Gasteiger partial charge >= 0.3 is 0 Å². The van der Waals surface area contributed by atoms with E-state index in [9.17, 15) is 4.79 Å². The van der Waals surface area contributed by atoms with Gasteiger partial charge < -0.3 is 15.5 Å². The van der Waals surface area contributed by atoms with Crippen LogP contribution in [0, 0.1) is 6.92 Å². The van der Waals surface area contributed by atoms with Gasteiger partial charge in [-0.3, -0.25) is 4.79 Å². The Labute approximate surface area is 106 Å². The highest BCUT2D eigenvalue weighted by molar-refractivity contribution is 5.92. The molecule has 3 N–H and O–H groups in total. The van der Waals surface area contributed by atoms with Gasteiger partial charge in [0.05, 0.1) is 6.54 Å². The molecule has 2 rings (SSSR count). The van der Waals surface area contributed by atoms with Crippen molar-refractivity contribution < 1.29 is 9.21 Å². The molecule has 1 amide bonds. The van der Waals surface area contributed by atoms with Crippen LogP contribution in [0.5, 0.6) is 0 Å². The fourth-order valence-electron chi connectivity index (χ4n) is 1.70. The number of nitrogens with two attached hydrogens (primary N) is 1. The van der Waals surface area contributed by atoms with Crippen LogP contribution in [-0.2, 0) is 13.1 Å². The maximum Gasteiger partial charge on any atom is 0.248 e. The summed E-state index contributed by atoms with van der Waals surface area (Å²) in [6.45, 7) is 3.33. The van der Waals surface area contributed by atoms with Crippen molar-refractivity contribution in [3.8, 4) is 0 Å². The number of carbonyl (C=O) groups is 1. The first-order valence-corrected chi connectivity index (χ1v) is 5.80. The zero-order chi connectivity index (χ0) is 13.0. The monoisotopic (exact) mass is 244 g/mol. The normalized spacial score (nSPS) is 10.5. The van der Waals surface area contributed by atoms with Gasteiger partial charge in [0, 0.05) is 12.1 Å². The molecule has 2 aromatic rings. The minimum atomic E-state index is -0.402. The summed E-state index contributed by atoms with van der Waals surface area (Å²) in [4.78, 5) is 10.9. The van der Waals surface area contributed by atoms with Gasteiger partial charge in [-0.05, 0) is 36.8 Å². The summed E-state index contributed by atoms with van der Waals surface area (Å²) in [5.41, 5.74) is 6.80. The van der Waals surface area contributed by atoms with Crippen LogP contribution in [0.1, 0.15) is 27.4 Å². The van der Waals surface area contributed by atoms with E-state index in [-0.39, 0.29) is 0 Å². The maximum atomic E-state index is 10.9. The molecule has 0 spiro atoms. The van der Waals surface area contributed by atoms with Crippen LogP contribution in [0.2, 0.25) is 0 Å². The number of benzene rings is 1. The maximum absolute atomic E-state index is 10.9. The highest BCUT2D eigenvalue weighted by Gasteiger charge is 2.01. The molecule has 0 fully saturated rings. The summed E-state index contributed by atoms with van der Waals surface area (Å²) in [5.74, 6) is 1.43. The van der Waals surface area contributed by atoms with Crippen molar-refractivity contribution in [2.45, 2.75) is 20.0 Å². The molecular weight excluding hydrogens is 228 g/mol. The molecule has 94 valence electrons. The predicted molar refractivity (Wildman–Crippen MR) is 68.9 cm³/mol. The summed E-state index contributed by atoms with van der Waals surface area (Å²) in [7, 11) is 0. The lowest BCUT2D eigenvalue weighted by Gasteiger charge is -2.03. The van der Waals surface area contributed by atoms with E-state index in [1.807, 2.05) is 31.2 Å². The number of primary amides is 1. The molecule has 18 heavy (non-hydrogen) atoms. The molecule has 1 aromatic carbocycles. The van der Waals surface area contributed by atoms with E-state index in [4.69, 9.17) is 10.2 Å². The molecule has 0 aliphatic rings. The number of amides is 1.